The third-order valence-corrected chi connectivity index (χ3v) is 3.82. The van der Waals surface area contributed by atoms with Crippen LogP contribution < -0.4 is 5.73 Å². The van der Waals surface area contributed by atoms with Crippen molar-refractivity contribution in [3.63, 3.8) is 0 Å². The van der Waals surface area contributed by atoms with Crippen LogP contribution in [0.25, 0.3) is 0 Å². The molecule has 1 saturated heterocycles. The summed E-state index contributed by atoms with van der Waals surface area (Å²) in [6.45, 7) is 4.28. The van der Waals surface area contributed by atoms with Crippen molar-refractivity contribution in [2.24, 2.45) is 0 Å². The van der Waals surface area contributed by atoms with Crippen molar-refractivity contribution in [3.05, 3.63) is 29.3 Å². The molecule has 1 aromatic rings. The largest absolute Gasteiger partial charge is 0.398 e. The van der Waals surface area contributed by atoms with Crippen LogP contribution >= 0.6 is 0 Å². The molecule has 1 unspecified atom stereocenters. The Labute approximate surface area is 108 Å². The molecular formula is C14H20N2O2. The minimum Gasteiger partial charge on any atom is -0.398 e. The van der Waals surface area contributed by atoms with E-state index in [-0.39, 0.29) is 0 Å². The van der Waals surface area contributed by atoms with Crippen LogP contribution in [0.4, 0.5) is 5.69 Å². The highest BCUT2D eigenvalue weighted by atomic mass is 16.7. The van der Waals surface area contributed by atoms with Crippen molar-refractivity contribution >= 4 is 5.69 Å². The molecule has 2 aliphatic heterocycles. The van der Waals surface area contributed by atoms with E-state index in [0.717, 1.165) is 44.8 Å². The molecule has 1 fully saturated rings. The normalized spacial score (nSPS) is 24.8. The number of nitrogen functional groups attached to an aromatic ring is 1. The second-order valence-corrected chi connectivity index (χ2v) is 5.07. The Hall–Kier alpha value is -1.10. The van der Waals surface area contributed by atoms with Crippen molar-refractivity contribution < 1.29 is 9.47 Å². The zero-order valence-corrected chi connectivity index (χ0v) is 10.6. The molecule has 4 heteroatoms. The number of fused-ring (bicyclic) bond motifs is 1. The molecule has 2 aliphatic rings. The van der Waals surface area contributed by atoms with Crippen LogP contribution in [0.1, 0.15) is 17.5 Å². The summed E-state index contributed by atoms with van der Waals surface area (Å²) in [5.41, 5.74) is 9.68. The van der Waals surface area contributed by atoms with E-state index in [0.29, 0.717) is 12.9 Å². The number of benzene rings is 1. The van der Waals surface area contributed by atoms with Gasteiger partial charge in [-0.2, -0.15) is 0 Å². The van der Waals surface area contributed by atoms with E-state index in [1.54, 1.807) is 0 Å². The van der Waals surface area contributed by atoms with E-state index in [9.17, 15) is 0 Å². The Balaban J connectivity index is 1.65. The first-order valence-corrected chi connectivity index (χ1v) is 6.61. The van der Waals surface area contributed by atoms with Gasteiger partial charge < -0.3 is 15.2 Å². The van der Waals surface area contributed by atoms with Crippen LogP contribution in [-0.2, 0) is 22.4 Å². The Morgan fingerprint density at radius 2 is 2.33 bits per heavy atom. The highest BCUT2D eigenvalue weighted by molar-refractivity contribution is 5.51. The fourth-order valence-corrected chi connectivity index (χ4v) is 2.75. The van der Waals surface area contributed by atoms with Crippen molar-refractivity contribution in [2.45, 2.75) is 25.5 Å². The summed E-state index contributed by atoms with van der Waals surface area (Å²) in [7, 11) is 0. The first-order valence-electron chi connectivity index (χ1n) is 6.61. The smallest absolute Gasteiger partial charge is 0.147 e. The van der Waals surface area contributed by atoms with E-state index in [1.807, 2.05) is 12.1 Å². The average Bonchev–Trinajstić information content (AvgIpc) is 2.41. The number of nitrogens with two attached hydrogens (primary N) is 1. The zero-order chi connectivity index (χ0) is 12.4. The Bertz CT molecular complexity index is 416. The van der Waals surface area contributed by atoms with Crippen LogP contribution in [0.15, 0.2) is 18.2 Å². The van der Waals surface area contributed by atoms with Gasteiger partial charge in [0.15, 0.2) is 0 Å². The molecular weight excluding hydrogens is 228 g/mol. The van der Waals surface area contributed by atoms with Crippen LogP contribution in [0.3, 0.4) is 0 Å². The predicted octanol–water partition coefficient (Wildman–Crippen LogP) is 1.39. The molecule has 0 radical (unpaired) electrons. The molecule has 18 heavy (non-hydrogen) atoms. The molecule has 2 N–H and O–H groups in total. The minimum absolute atomic E-state index is 0.310. The Morgan fingerprint density at radius 1 is 1.39 bits per heavy atom. The van der Waals surface area contributed by atoms with Gasteiger partial charge in [-0.05, 0) is 30.0 Å². The third-order valence-electron chi connectivity index (χ3n) is 3.82. The second kappa shape index (κ2) is 5.26. The number of anilines is 1. The number of ether oxygens (including phenoxy) is 2. The van der Waals surface area contributed by atoms with Crippen molar-refractivity contribution in [1.82, 2.24) is 4.90 Å². The molecule has 2 heterocycles. The standard InChI is InChI=1S/C14H20N2O2/c15-14-3-1-2-11-4-6-16(9-13(11)14)8-12-5-7-17-10-18-12/h1-3,12H,4-10,15H2. The van der Waals surface area contributed by atoms with Gasteiger partial charge in [-0.3, -0.25) is 4.90 Å². The highest BCUT2D eigenvalue weighted by Crippen LogP contribution is 2.24. The lowest BCUT2D eigenvalue weighted by atomic mass is 9.98. The van der Waals surface area contributed by atoms with Gasteiger partial charge in [-0.15, -0.1) is 0 Å². The van der Waals surface area contributed by atoms with E-state index >= 15 is 0 Å². The van der Waals surface area contributed by atoms with Crippen LogP contribution in [0.2, 0.25) is 0 Å². The molecule has 0 aromatic heterocycles. The molecule has 0 saturated carbocycles. The van der Waals surface area contributed by atoms with Gasteiger partial charge in [-0.25, -0.2) is 0 Å². The highest BCUT2D eigenvalue weighted by Gasteiger charge is 2.22. The SMILES string of the molecule is Nc1cccc2c1CN(CC1CCOCO1)CC2. The summed E-state index contributed by atoms with van der Waals surface area (Å²) in [6.07, 6.45) is 2.39. The van der Waals surface area contributed by atoms with Crippen molar-refractivity contribution in [1.29, 1.82) is 0 Å². The monoisotopic (exact) mass is 248 g/mol. The van der Waals surface area contributed by atoms with Gasteiger partial charge in [-0.1, -0.05) is 12.1 Å². The predicted molar refractivity (Wildman–Crippen MR) is 70.1 cm³/mol. The summed E-state index contributed by atoms with van der Waals surface area (Å²) < 4.78 is 10.8. The maximum atomic E-state index is 6.06. The maximum absolute atomic E-state index is 6.06. The molecule has 98 valence electrons. The van der Waals surface area contributed by atoms with E-state index < -0.39 is 0 Å². The van der Waals surface area contributed by atoms with Crippen molar-refractivity contribution in [3.8, 4) is 0 Å². The quantitative estimate of drug-likeness (QED) is 0.803. The van der Waals surface area contributed by atoms with E-state index in [4.69, 9.17) is 15.2 Å². The summed E-state index contributed by atoms with van der Waals surface area (Å²) in [6, 6.07) is 6.23. The van der Waals surface area contributed by atoms with E-state index in [2.05, 4.69) is 11.0 Å². The third kappa shape index (κ3) is 2.51. The van der Waals surface area contributed by atoms with Crippen LogP contribution in [0, 0.1) is 0 Å². The Kier molecular flexibility index (Phi) is 3.50. The first kappa shape index (κ1) is 12.0. The van der Waals surface area contributed by atoms with Crippen LogP contribution in [0.5, 0.6) is 0 Å². The number of rotatable bonds is 2. The molecule has 0 spiro atoms. The lowest BCUT2D eigenvalue weighted by Gasteiger charge is -2.33. The summed E-state index contributed by atoms with van der Waals surface area (Å²) >= 11 is 0. The van der Waals surface area contributed by atoms with Gasteiger partial charge in [0.2, 0.25) is 0 Å². The minimum atomic E-state index is 0.310. The number of hydrogen-bond acceptors (Lipinski definition) is 4. The first-order chi connectivity index (χ1) is 8.83. The van der Waals surface area contributed by atoms with Crippen LogP contribution in [-0.4, -0.2) is 37.5 Å². The van der Waals surface area contributed by atoms with Gasteiger partial charge in [0.1, 0.15) is 6.79 Å². The number of nitrogens with zero attached hydrogens (tertiary/aromatic N) is 1. The summed E-state index contributed by atoms with van der Waals surface area (Å²) in [4.78, 5) is 2.44. The van der Waals surface area contributed by atoms with Gasteiger partial charge in [0.05, 0.1) is 12.7 Å². The molecule has 0 aliphatic carbocycles. The maximum Gasteiger partial charge on any atom is 0.147 e. The zero-order valence-electron chi connectivity index (χ0n) is 10.6. The molecule has 0 amide bonds. The summed E-state index contributed by atoms with van der Waals surface area (Å²) in [5, 5.41) is 0. The molecule has 1 atom stereocenters. The van der Waals surface area contributed by atoms with Gasteiger partial charge in [0.25, 0.3) is 0 Å². The van der Waals surface area contributed by atoms with Gasteiger partial charge in [0, 0.05) is 25.3 Å². The molecule has 0 bridgehead atoms. The van der Waals surface area contributed by atoms with Gasteiger partial charge >= 0.3 is 0 Å². The lowest BCUT2D eigenvalue weighted by Crippen LogP contribution is -2.40. The fourth-order valence-electron chi connectivity index (χ4n) is 2.75. The lowest BCUT2D eigenvalue weighted by molar-refractivity contribution is -0.145. The fraction of sp³-hybridized carbons (Fsp3) is 0.571. The van der Waals surface area contributed by atoms with Crippen molar-refractivity contribution in [2.75, 3.05) is 32.2 Å². The topological polar surface area (TPSA) is 47.7 Å². The number of hydrogen-bond donors (Lipinski definition) is 1. The molecule has 1 aromatic carbocycles. The van der Waals surface area contributed by atoms with E-state index in [1.165, 1.54) is 11.1 Å². The second-order valence-electron chi connectivity index (χ2n) is 5.07. The summed E-state index contributed by atoms with van der Waals surface area (Å²) in [5.74, 6) is 0. The molecule has 4 nitrogen and oxygen atoms in total. The molecule has 3 rings (SSSR count). The average molecular weight is 248 g/mol. The Morgan fingerprint density at radius 3 is 3.17 bits per heavy atom.